The number of pyridine rings is 1. The van der Waals surface area contributed by atoms with Crippen LogP contribution in [0.25, 0.3) is 0 Å². The zero-order valence-electron chi connectivity index (χ0n) is 19.8. The van der Waals surface area contributed by atoms with Crippen molar-refractivity contribution in [1.82, 2.24) is 4.98 Å². The Labute approximate surface area is 201 Å². The normalized spacial score (nSPS) is 10.5. The van der Waals surface area contributed by atoms with Gasteiger partial charge in [-0.05, 0) is 62.4 Å². The Hall–Kier alpha value is -4.21. The molecule has 1 heterocycles. The Morgan fingerprint density at radius 3 is 1.46 bits per heavy atom. The molecule has 0 unspecified atom stereocenters. The number of carbonyl (C=O) groups is 2. The third-order valence-corrected chi connectivity index (χ3v) is 4.85. The molecule has 0 radical (unpaired) electrons. The van der Waals surface area contributed by atoms with Crippen molar-refractivity contribution in [3.05, 3.63) is 60.2 Å². The Morgan fingerprint density at radius 2 is 1.14 bits per heavy atom. The maximum absolute atomic E-state index is 15.4. The van der Waals surface area contributed by atoms with Crippen molar-refractivity contribution in [1.29, 1.82) is 0 Å². The van der Waals surface area contributed by atoms with Crippen molar-refractivity contribution < 1.29 is 27.8 Å². The molecule has 0 aliphatic rings. The van der Waals surface area contributed by atoms with Crippen molar-refractivity contribution in [3.8, 4) is 23.3 Å². The van der Waals surface area contributed by atoms with Crippen LogP contribution < -0.4 is 25.0 Å². The van der Waals surface area contributed by atoms with Gasteiger partial charge < -0.3 is 25.0 Å². The summed E-state index contributed by atoms with van der Waals surface area (Å²) in [5.41, 5.74) is 0.751. The highest BCUT2D eigenvalue weighted by Gasteiger charge is 2.26. The summed E-state index contributed by atoms with van der Waals surface area (Å²) in [6, 6.07) is 12.4. The zero-order chi connectivity index (χ0) is 25.5. The minimum absolute atomic E-state index is 0.230. The van der Waals surface area contributed by atoms with Gasteiger partial charge in [0.1, 0.15) is 17.2 Å². The van der Waals surface area contributed by atoms with Crippen molar-refractivity contribution in [2.45, 2.75) is 27.7 Å². The molecule has 0 aliphatic heterocycles. The molecule has 2 N–H and O–H groups in total. The second-order valence-corrected chi connectivity index (χ2v) is 7.49. The summed E-state index contributed by atoms with van der Waals surface area (Å²) < 4.78 is 42.0. The van der Waals surface area contributed by atoms with E-state index < -0.39 is 23.4 Å². The molecule has 0 saturated carbocycles. The highest BCUT2D eigenvalue weighted by atomic mass is 19.1. The van der Waals surface area contributed by atoms with E-state index >= 15 is 8.78 Å². The Morgan fingerprint density at radius 1 is 0.771 bits per heavy atom. The van der Waals surface area contributed by atoms with Gasteiger partial charge in [-0.15, -0.1) is 0 Å². The Balaban J connectivity index is 1.97. The molecule has 35 heavy (non-hydrogen) atoms. The van der Waals surface area contributed by atoms with Crippen LogP contribution in [0.1, 0.15) is 27.7 Å². The van der Waals surface area contributed by atoms with Crippen LogP contribution in [-0.2, 0) is 9.59 Å². The number of halogens is 2. The van der Waals surface area contributed by atoms with E-state index in [0.29, 0.717) is 24.5 Å². The van der Waals surface area contributed by atoms with Crippen molar-refractivity contribution >= 4 is 28.9 Å². The summed E-state index contributed by atoms with van der Waals surface area (Å²) in [7, 11) is 0. The van der Waals surface area contributed by atoms with E-state index in [1.54, 1.807) is 38.1 Å². The Kier molecular flexibility index (Phi) is 8.19. The minimum atomic E-state index is -0.967. The standard InChI is InChI=1S/C25H26F2N4O4/c1-5-31(6-2)23-21(26)24(34-19-11-7-17(8-12-19)28-15(3)32)30-25(22(23)27)35-20-13-9-18(10-14-20)29-16(4)33/h7-14H,5-6H2,1-4H3,(H,28,32)(H,29,33). The molecule has 8 nitrogen and oxygen atoms in total. The fourth-order valence-electron chi connectivity index (χ4n) is 3.28. The first-order valence-electron chi connectivity index (χ1n) is 11.0. The predicted octanol–water partition coefficient (Wildman–Crippen LogP) is 5.71. The monoisotopic (exact) mass is 484 g/mol. The fraction of sp³-hybridized carbons (Fsp3) is 0.240. The lowest BCUT2D eigenvalue weighted by Gasteiger charge is -2.24. The maximum atomic E-state index is 15.4. The molecule has 3 aromatic rings. The maximum Gasteiger partial charge on any atom is 0.261 e. The number of aromatic nitrogens is 1. The van der Waals surface area contributed by atoms with E-state index in [0.717, 1.165) is 0 Å². The summed E-state index contributed by atoms with van der Waals surface area (Å²) in [6.45, 7) is 6.97. The van der Waals surface area contributed by atoms with Crippen LogP contribution in [-0.4, -0.2) is 29.9 Å². The number of rotatable bonds is 9. The molecule has 0 saturated heterocycles. The number of nitrogens with zero attached hydrogens (tertiary/aromatic N) is 2. The number of nitrogens with one attached hydrogen (secondary N) is 2. The molecule has 2 aromatic carbocycles. The highest BCUT2D eigenvalue weighted by molar-refractivity contribution is 5.89. The van der Waals surface area contributed by atoms with Gasteiger partial charge in [-0.3, -0.25) is 9.59 Å². The fourth-order valence-corrected chi connectivity index (χ4v) is 3.28. The van der Waals surface area contributed by atoms with E-state index in [9.17, 15) is 9.59 Å². The molecule has 1 aromatic heterocycles. The lowest BCUT2D eigenvalue weighted by Crippen LogP contribution is -2.25. The summed E-state index contributed by atoms with van der Waals surface area (Å²) in [5.74, 6) is -2.88. The molecule has 10 heteroatoms. The van der Waals surface area contributed by atoms with Crippen LogP contribution in [0.3, 0.4) is 0 Å². The average Bonchev–Trinajstić information content (AvgIpc) is 2.81. The van der Waals surface area contributed by atoms with Crippen LogP contribution in [0.5, 0.6) is 23.3 Å². The van der Waals surface area contributed by atoms with Gasteiger partial charge >= 0.3 is 0 Å². The molecule has 3 rings (SSSR count). The van der Waals surface area contributed by atoms with E-state index in [-0.39, 0.29) is 29.0 Å². The van der Waals surface area contributed by atoms with Gasteiger partial charge in [0.2, 0.25) is 23.4 Å². The number of amides is 2. The number of anilines is 3. The van der Waals surface area contributed by atoms with Gasteiger partial charge in [0.25, 0.3) is 11.8 Å². The first-order valence-corrected chi connectivity index (χ1v) is 11.0. The van der Waals surface area contributed by atoms with Gasteiger partial charge in [0.05, 0.1) is 0 Å². The summed E-state index contributed by atoms with van der Waals surface area (Å²) in [5, 5.41) is 5.24. The van der Waals surface area contributed by atoms with Crippen molar-refractivity contribution in [2.24, 2.45) is 0 Å². The minimum Gasteiger partial charge on any atom is -0.436 e. The van der Waals surface area contributed by atoms with Gasteiger partial charge in [0.15, 0.2) is 0 Å². The van der Waals surface area contributed by atoms with Crippen LogP contribution >= 0.6 is 0 Å². The summed E-state index contributed by atoms with van der Waals surface area (Å²) in [6.07, 6.45) is 0. The summed E-state index contributed by atoms with van der Waals surface area (Å²) in [4.78, 5) is 27.9. The lowest BCUT2D eigenvalue weighted by atomic mass is 10.2. The van der Waals surface area contributed by atoms with Crippen LogP contribution in [0.15, 0.2) is 48.5 Å². The van der Waals surface area contributed by atoms with Crippen LogP contribution in [0.2, 0.25) is 0 Å². The second kappa shape index (κ2) is 11.3. The number of ether oxygens (including phenoxy) is 2. The SMILES string of the molecule is CCN(CC)c1c(F)c(Oc2ccc(NC(C)=O)cc2)nc(Oc2ccc(NC(C)=O)cc2)c1F. The number of benzene rings is 2. The zero-order valence-corrected chi connectivity index (χ0v) is 19.8. The van der Waals surface area contributed by atoms with E-state index in [4.69, 9.17) is 9.47 Å². The topological polar surface area (TPSA) is 92.8 Å². The lowest BCUT2D eigenvalue weighted by molar-refractivity contribution is -0.115. The number of hydrogen-bond acceptors (Lipinski definition) is 6. The highest BCUT2D eigenvalue weighted by Crippen LogP contribution is 2.38. The van der Waals surface area contributed by atoms with Gasteiger partial charge in [-0.25, -0.2) is 0 Å². The van der Waals surface area contributed by atoms with Crippen molar-refractivity contribution in [3.63, 3.8) is 0 Å². The number of hydrogen-bond donors (Lipinski definition) is 2. The van der Waals surface area contributed by atoms with E-state index in [2.05, 4.69) is 15.6 Å². The molecule has 0 spiro atoms. The number of carbonyl (C=O) groups excluding carboxylic acids is 2. The Bertz CT molecular complexity index is 1110. The third-order valence-electron chi connectivity index (χ3n) is 4.85. The first-order chi connectivity index (χ1) is 16.7. The largest absolute Gasteiger partial charge is 0.436 e. The third kappa shape index (κ3) is 6.44. The summed E-state index contributed by atoms with van der Waals surface area (Å²) >= 11 is 0. The van der Waals surface area contributed by atoms with Gasteiger partial charge in [-0.2, -0.15) is 13.8 Å². The van der Waals surface area contributed by atoms with Gasteiger partial charge in [0, 0.05) is 38.3 Å². The van der Waals surface area contributed by atoms with Crippen molar-refractivity contribution in [2.75, 3.05) is 28.6 Å². The first kappa shape index (κ1) is 25.4. The molecule has 184 valence electrons. The van der Waals surface area contributed by atoms with Gasteiger partial charge in [-0.1, -0.05) is 0 Å². The second-order valence-electron chi connectivity index (χ2n) is 7.49. The molecule has 0 bridgehead atoms. The smallest absolute Gasteiger partial charge is 0.261 e. The van der Waals surface area contributed by atoms with E-state index in [1.807, 2.05) is 0 Å². The molecule has 0 atom stereocenters. The van der Waals surface area contributed by atoms with E-state index in [1.165, 1.54) is 43.0 Å². The van der Waals surface area contributed by atoms with Crippen LogP contribution in [0.4, 0.5) is 25.8 Å². The predicted molar refractivity (Wildman–Crippen MR) is 129 cm³/mol. The average molecular weight is 485 g/mol. The molecular weight excluding hydrogens is 458 g/mol. The van der Waals surface area contributed by atoms with Crippen LogP contribution in [0, 0.1) is 11.6 Å². The quantitative estimate of drug-likeness (QED) is 0.404. The molecule has 0 aliphatic carbocycles. The molecular formula is C25H26F2N4O4. The molecule has 2 amide bonds. The molecule has 0 fully saturated rings.